The smallest absolute Gasteiger partial charge is 0.345 e. The van der Waals surface area contributed by atoms with Gasteiger partial charge in [-0.1, -0.05) is 13.8 Å². The first-order valence-corrected chi connectivity index (χ1v) is 12.4. The molecule has 5 rings (SSSR count). The molecule has 9 nitrogen and oxygen atoms in total. The van der Waals surface area contributed by atoms with Crippen LogP contribution in [0.2, 0.25) is 0 Å². The Labute approximate surface area is 209 Å². The first-order chi connectivity index (χ1) is 16.9. The fourth-order valence-corrected chi connectivity index (χ4v) is 7.31. The molecule has 2 fully saturated rings. The van der Waals surface area contributed by atoms with E-state index < -0.39 is 52.3 Å². The summed E-state index contributed by atoms with van der Waals surface area (Å²) in [4.78, 5) is 28.8. The molecular weight excluding hydrogens is 466 g/mol. The zero-order valence-corrected chi connectivity index (χ0v) is 20.9. The molecule has 0 spiro atoms. The summed E-state index contributed by atoms with van der Waals surface area (Å²) < 4.78 is 17.3. The van der Waals surface area contributed by atoms with E-state index in [9.17, 15) is 24.9 Å². The maximum atomic E-state index is 13.2. The zero-order chi connectivity index (χ0) is 26.0. The number of ether oxygens (including phenoxy) is 2. The number of carbonyl (C=O) groups excluding carboxylic acids is 1. The quantitative estimate of drug-likeness (QED) is 0.544. The third-order valence-electron chi connectivity index (χ3n) is 9.18. The number of aliphatic hydroxyl groups excluding tert-OH is 3. The van der Waals surface area contributed by atoms with Gasteiger partial charge < -0.3 is 29.2 Å². The Morgan fingerprint density at radius 3 is 2.64 bits per heavy atom. The maximum absolute atomic E-state index is 13.2. The van der Waals surface area contributed by atoms with Gasteiger partial charge in [-0.25, -0.2) is 4.79 Å². The molecule has 3 N–H and O–H groups in total. The molecule has 0 radical (unpaired) electrons. The van der Waals surface area contributed by atoms with Crippen LogP contribution in [0.1, 0.15) is 58.6 Å². The first kappa shape index (κ1) is 24.9. The average molecular weight is 500 g/mol. The average Bonchev–Trinajstić information content (AvgIpc) is 2.82. The van der Waals surface area contributed by atoms with Crippen molar-refractivity contribution < 1.29 is 34.0 Å². The largest absolute Gasteiger partial charge is 0.484 e. The first-order valence-electron chi connectivity index (χ1n) is 12.4. The van der Waals surface area contributed by atoms with E-state index in [-0.39, 0.29) is 36.0 Å². The van der Waals surface area contributed by atoms with E-state index in [1.807, 2.05) is 13.8 Å². The number of fused-ring (bicyclic) bond motifs is 4. The number of esters is 1. The Balaban J connectivity index is 1.61. The summed E-state index contributed by atoms with van der Waals surface area (Å²) in [5.74, 6) is -1.01. The monoisotopic (exact) mass is 499 g/mol. The van der Waals surface area contributed by atoms with Crippen molar-refractivity contribution in [2.75, 3.05) is 6.61 Å². The van der Waals surface area contributed by atoms with Crippen molar-refractivity contribution in [3.05, 3.63) is 46.6 Å². The van der Waals surface area contributed by atoms with Gasteiger partial charge in [-0.3, -0.25) is 9.78 Å². The van der Waals surface area contributed by atoms with Gasteiger partial charge in [0, 0.05) is 42.3 Å². The van der Waals surface area contributed by atoms with Gasteiger partial charge in [-0.15, -0.1) is 0 Å². The summed E-state index contributed by atoms with van der Waals surface area (Å²) in [5, 5.41) is 34.2. The Hall–Kier alpha value is -2.75. The highest BCUT2D eigenvalue weighted by Gasteiger charge is 2.69. The van der Waals surface area contributed by atoms with Gasteiger partial charge in [-0.05, 0) is 49.7 Å². The normalized spacial score (nSPS) is 39.2. The molecule has 0 bridgehead atoms. The molecule has 2 aromatic rings. The molecule has 0 saturated heterocycles. The van der Waals surface area contributed by atoms with E-state index in [0.29, 0.717) is 18.4 Å². The van der Waals surface area contributed by atoms with Gasteiger partial charge in [-0.2, -0.15) is 0 Å². The van der Waals surface area contributed by atoms with Crippen molar-refractivity contribution in [2.24, 2.45) is 22.7 Å². The second-order valence-corrected chi connectivity index (χ2v) is 11.3. The van der Waals surface area contributed by atoms with Crippen LogP contribution in [0.25, 0.3) is 11.3 Å². The molecule has 194 valence electrons. The highest BCUT2D eigenvalue weighted by molar-refractivity contribution is 5.66. The molecule has 0 amide bonds. The van der Waals surface area contributed by atoms with Crippen molar-refractivity contribution in [2.45, 2.75) is 70.9 Å². The van der Waals surface area contributed by atoms with Crippen LogP contribution in [0.15, 0.2) is 39.8 Å². The molecular formula is C27H33NO8. The lowest BCUT2D eigenvalue weighted by Gasteiger charge is -2.66. The molecule has 9 heteroatoms. The van der Waals surface area contributed by atoms with Gasteiger partial charge in [0.2, 0.25) is 0 Å². The summed E-state index contributed by atoms with van der Waals surface area (Å²) in [7, 11) is 0. The lowest BCUT2D eigenvalue weighted by molar-refractivity contribution is -0.265. The van der Waals surface area contributed by atoms with Crippen LogP contribution in [0.3, 0.4) is 0 Å². The third-order valence-corrected chi connectivity index (χ3v) is 9.18. The van der Waals surface area contributed by atoms with Gasteiger partial charge in [0.25, 0.3) is 0 Å². The number of hydrogen-bond donors (Lipinski definition) is 3. The summed E-state index contributed by atoms with van der Waals surface area (Å²) in [6.45, 7) is 6.94. The second kappa shape index (κ2) is 8.39. The number of carbonyl (C=O) groups is 1. The molecule has 0 aromatic carbocycles. The van der Waals surface area contributed by atoms with E-state index in [1.54, 1.807) is 37.5 Å². The van der Waals surface area contributed by atoms with E-state index in [0.717, 1.165) is 0 Å². The summed E-state index contributed by atoms with van der Waals surface area (Å²) in [5.41, 5.74) is -2.81. The number of rotatable bonds is 3. The minimum Gasteiger partial charge on any atom is -0.484 e. The van der Waals surface area contributed by atoms with Crippen LogP contribution >= 0.6 is 0 Å². The Morgan fingerprint density at radius 2 is 1.97 bits per heavy atom. The van der Waals surface area contributed by atoms with E-state index in [2.05, 4.69) is 4.98 Å². The number of aromatic nitrogens is 1. The van der Waals surface area contributed by atoms with Crippen molar-refractivity contribution in [1.29, 1.82) is 0 Å². The maximum Gasteiger partial charge on any atom is 0.345 e. The van der Waals surface area contributed by atoms with E-state index in [4.69, 9.17) is 13.9 Å². The standard InChI is InChI=1S/C27H33NO8/c1-14(29)34-13-26(3)18-11-20(31)27(4)23(25(18,2)8-7-19(26)30)22(32)21-17(36-27)10-16(35-24(21)33)15-6-5-9-28-12-15/h5-6,9-10,12,18-20,22-23,30-32H,7-8,11,13H2,1-4H3/t18?,19-,20-,22-,23?,25-,26-,27+/m0/s1. The Bertz CT molecular complexity index is 1230. The number of pyridine rings is 1. The summed E-state index contributed by atoms with van der Waals surface area (Å²) in [6, 6.07) is 5.03. The molecule has 2 saturated carbocycles. The predicted octanol–water partition coefficient (Wildman–Crippen LogP) is 2.61. The molecule has 36 heavy (non-hydrogen) atoms. The number of aliphatic hydroxyl groups is 3. The zero-order valence-electron chi connectivity index (χ0n) is 20.9. The van der Waals surface area contributed by atoms with Crippen molar-refractivity contribution >= 4 is 5.97 Å². The summed E-state index contributed by atoms with van der Waals surface area (Å²) >= 11 is 0. The summed E-state index contributed by atoms with van der Waals surface area (Å²) in [6.07, 6.45) is 1.36. The van der Waals surface area contributed by atoms with Gasteiger partial charge >= 0.3 is 11.6 Å². The van der Waals surface area contributed by atoms with E-state index in [1.165, 1.54) is 6.92 Å². The van der Waals surface area contributed by atoms with Gasteiger partial charge in [0.1, 0.15) is 22.7 Å². The molecule has 2 aliphatic carbocycles. The number of nitrogens with zero attached hydrogens (tertiary/aromatic N) is 1. The topological polar surface area (TPSA) is 139 Å². The SMILES string of the molecule is CC(=O)OC[C@@]1(C)C2C[C@H](O)[C@@]3(C)Oc4cc(-c5cccnc5)oc(=O)c4[C@H](O)C3[C@@]2(C)CC[C@@H]1O. The lowest BCUT2D eigenvalue weighted by atomic mass is 9.42. The van der Waals surface area contributed by atoms with E-state index >= 15 is 0 Å². The predicted molar refractivity (Wildman–Crippen MR) is 128 cm³/mol. The van der Waals surface area contributed by atoms with Crippen molar-refractivity contribution in [3.8, 4) is 17.1 Å². The fourth-order valence-electron chi connectivity index (χ4n) is 7.31. The second-order valence-electron chi connectivity index (χ2n) is 11.3. The Morgan fingerprint density at radius 1 is 1.22 bits per heavy atom. The van der Waals surface area contributed by atoms with Crippen LogP contribution < -0.4 is 10.4 Å². The lowest BCUT2D eigenvalue weighted by Crippen LogP contribution is -2.70. The van der Waals surface area contributed by atoms with Crippen molar-refractivity contribution in [1.82, 2.24) is 4.98 Å². The minimum absolute atomic E-state index is 0.00986. The van der Waals surface area contributed by atoms with Gasteiger partial charge in [0.15, 0.2) is 0 Å². The highest BCUT2D eigenvalue weighted by atomic mass is 16.5. The minimum atomic E-state index is -1.27. The third kappa shape index (κ3) is 3.51. The molecule has 1 aliphatic heterocycles. The van der Waals surface area contributed by atoms with Crippen LogP contribution in [-0.4, -0.2) is 50.7 Å². The molecule has 2 aromatic heterocycles. The fraction of sp³-hybridized carbons (Fsp3) is 0.593. The van der Waals surface area contributed by atoms with Crippen molar-refractivity contribution in [3.63, 3.8) is 0 Å². The van der Waals surface area contributed by atoms with Crippen LogP contribution in [0.5, 0.6) is 5.75 Å². The molecule has 8 atom stereocenters. The highest BCUT2D eigenvalue weighted by Crippen LogP contribution is 2.66. The van der Waals surface area contributed by atoms with Crippen LogP contribution in [-0.2, 0) is 9.53 Å². The molecule has 2 unspecified atom stereocenters. The van der Waals surface area contributed by atoms with Crippen LogP contribution in [0, 0.1) is 22.7 Å². The molecule has 3 heterocycles. The van der Waals surface area contributed by atoms with Crippen LogP contribution in [0.4, 0.5) is 0 Å². The Kier molecular flexibility index (Phi) is 5.81. The number of hydrogen-bond acceptors (Lipinski definition) is 9. The molecule has 3 aliphatic rings. The van der Waals surface area contributed by atoms with Gasteiger partial charge in [0.05, 0.1) is 24.9 Å².